The van der Waals surface area contributed by atoms with E-state index in [0.717, 1.165) is 12.8 Å². The Labute approximate surface area is 119 Å². The van der Waals surface area contributed by atoms with Gasteiger partial charge >= 0.3 is 5.97 Å². The fourth-order valence-electron chi connectivity index (χ4n) is 1.93. The SMILES string of the molecule is CC(C)(C)OC(=O)CCOC[C@H]1OCCC[C@H]1N=[N+]=[N-]. The molecule has 1 fully saturated rings. The van der Waals surface area contributed by atoms with Crippen molar-refractivity contribution in [2.75, 3.05) is 19.8 Å². The Bertz CT molecular complexity index is 361. The fraction of sp³-hybridized carbons (Fsp3) is 0.923. The van der Waals surface area contributed by atoms with Crippen LogP contribution in [-0.2, 0) is 19.0 Å². The lowest BCUT2D eigenvalue weighted by atomic mass is 10.0. The topological polar surface area (TPSA) is 93.5 Å². The molecule has 0 bridgehead atoms. The Morgan fingerprint density at radius 2 is 2.25 bits per heavy atom. The number of carbonyl (C=O) groups is 1. The molecule has 0 aromatic heterocycles. The predicted octanol–water partition coefficient (Wildman–Crippen LogP) is 2.59. The van der Waals surface area contributed by atoms with Crippen molar-refractivity contribution in [3.05, 3.63) is 10.4 Å². The van der Waals surface area contributed by atoms with Gasteiger partial charge in [-0.1, -0.05) is 5.11 Å². The molecule has 0 aromatic carbocycles. The van der Waals surface area contributed by atoms with Crippen LogP contribution in [0.4, 0.5) is 0 Å². The Morgan fingerprint density at radius 1 is 1.50 bits per heavy atom. The van der Waals surface area contributed by atoms with E-state index in [-0.39, 0.29) is 31.1 Å². The summed E-state index contributed by atoms with van der Waals surface area (Å²) in [5, 5.41) is 3.71. The van der Waals surface area contributed by atoms with E-state index < -0.39 is 5.60 Å². The van der Waals surface area contributed by atoms with Gasteiger partial charge in [0.25, 0.3) is 0 Å². The van der Waals surface area contributed by atoms with Crippen LogP contribution in [-0.4, -0.2) is 43.5 Å². The highest BCUT2D eigenvalue weighted by molar-refractivity contribution is 5.69. The number of hydrogen-bond acceptors (Lipinski definition) is 5. The first-order valence-electron chi connectivity index (χ1n) is 6.88. The van der Waals surface area contributed by atoms with Crippen LogP contribution in [0.3, 0.4) is 0 Å². The Morgan fingerprint density at radius 3 is 2.90 bits per heavy atom. The molecule has 1 aliphatic rings. The molecule has 1 aliphatic heterocycles. The highest BCUT2D eigenvalue weighted by atomic mass is 16.6. The molecule has 0 unspecified atom stereocenters. The summed E-state index contributed by atoms with van der Waals surface area (Å²) in [6.07, 6.45) is 1.68. The minimum absolute atomic E-state index is 0.185. The molecule has 7 nitrogen and oxygen atoms in total. The molecule has 1 heterocycles. The van der Waals surface area contributed by atoms with Gasteiger partial charge in [0.2, 0.25) is 0 Å². The number of azide groups is 1. The van der Waals surface area contributed by atoms with Crippen LogP contribution >= 0.6 is 0 Å². The molecule has 1 saturated heterocycles. The zero-order chi connectivity index (χ0) is 15.0. The first-order chi connectivity index (χ1) is 9.42. The molecule has 114 valence electrons. The average molecular weight is 285 g/mol. The van der Waals surface area contributed by atoms with Gasteiger partial charge in [0, 0.05) is 11.5 Å². The lowest BCUT2D eigenvalue weighted by Crippen LogP contribution is -2.36. The normalized spacial score (nSPS) is 22.9. The maximum atomic E-state index is 11.5. The van der Waals surface area contributed by atoms with Crippen LogP contribution < -0.4 is 0 Å². The van der Waals surface area contributed by atoms with Crippen molar-refractivity contribution in [2.24, 2.45) is 5.11 Å². The van der Waals surface area contributed by atoms with E-state index >= 15 is 0 Å². The van der Waals surface area contributed by atoms with E-state index in [0.29, 0.717) is 13.2 Å². The smallest absolute Gasteiger partial charge is 0.308 e. The summed E-state index contributed by atoms with van der Waals surface area (Å²) in [5.41, 5.74) is 8.01. The summed E-state index contributed by atoms with van der Waals surface area (Å²) >= 11 is 0. The number of carbonyl (C=O) groups excluding carboxylic acids is 1. The monoisotopic (exact) mass is 285 g/mol. The van der Waals surface area contributed by atoms with Crippen LogP contribution in [0.15, 0.2) is 5.11 Å². The minimum atomic E-state index is -0.476. The van der Waals surface area contributed by atoms with Gasteiger partial charge < -0.3 is 14.2 Å². The van der Waals surface area contributed by atoms with Gasteiger partial charge in [-0.15, -0.1) is 0 Å². The van der Waals surface area contributed by atoms with Crippen molar-refractivity contribution >= 4 is 5.97 Å². The molecular weight excluding hydrogens is 262 g/mol. The van der Waals surface area contributed by atoms with Gasteiger partial charge in [-0.25, -0.2) is 0 Å². The molecule has 7 heteroatoms. The van der Waals surface area contributed by atoms with Crippen molar-refractivity contribution in [3.63, 3.8) is 0 Å². The Kier molecular flexibility index (Phi) is 6.78. The number of rotatable bonds is 6. The molecular formula is C13H23N3O4. The van der Waals surface area contributed by atoms with Gasteiger partial charge in [-0.3, -0.25) is 4.79 Å². The molecule has 0 saturated carbocycles. The summed E-state index contributed by atoms with van der Waals surface area (Å²) in [6.45, 7) is 6.73. The van der Waals surface area contributed by atoms with Crippen LogP contribution in [0.2, 0.25) is 0 Å². The second-order valence-electron chi connectivity index (χ2n) is 5.74. The zero-order valence-electron chi connectivity index (χ0n) is 12.4. The maximum absolute atomic E-state index is 11.5. The molecule has 0 aromatic rings. The summed E-state index contributed by atoms with van der Waals surface area (Å²) in [4.78, 5) is 14.3. The minimum Gasteiger partial charge on any atom is -0.460 e. The fourth-order valence-corrected chi connectivity index (χ4v) is 1.93. The number of ether oxygens (including phenoxy) is 3. The third-order valence-corrected chi connectivity index (χ3v) is 2.76. The predicted molar refractivity (Wildman–Crippen MR) is 73.2 cm³/mol. The average Bonchev–Trinajstić information content (AvgIpc) is 2.34. The van der Waals surface area contributed by atoms with E-state index in [4.69, 9.17) is 19.7 Å². The summed E-state index contributed by atoms with van der Waals surface area (Å²) in [7, 11) is 0. The van der Waals surface area contributed by atoms with Crippen molar-refractivity contribution in [1.82, 2.24) is 0 Å². The third-order valence-electron chi connectivity index (χ3n) is 2.76. The van der Waals surface area contributed by atoms with Gasteiger partial charge in [0.15, 0.2) is 0 Å². The highest BCUT2D eigenvalue weighted by Crippen LogP contribution is 2.18. The van der Waals surface area contributed by atoms with Crippen molar-refractivity contribution in [2.45, 2.75) is 57.8 Å². The van der Waals surface area contributed by atoms with E-state index in [9.17, 15) is 4.79 Å². The third kappa shape index (κ3) is 6.75. The first-order valence-corrected chi connectivity index (χ1v) is 6.88. The van der Waals surface area contributed by atoms with E-state index in [1.165, 1.54) is 0 Å². The van der Waals surface area contributed by atoms with Gasteiger partial charge in [0.1, 0.15) is 5.60 Å². The van der Waals surface area contributed by atoms with E-state index in [2.05, 4.69) is 10.0 Å². The van der Waals surface area contributed by atoms with Crippen molar-refractivity contribution < 1.29 is 19.0 Å². The maximum Gasteiger partial charge on any atom is 0.308 e. The summed E-state index contributed by atoms with van der Waals surface area (Å²) in [5.74, 6) is -0.284. The second kappa shape index (κ2) is 8.09. The number of hydrogen-bond donors (Lipinski definition) is 0. The molecule has 20 heavy (non-hydrogen) atoms. The standard InChI is InChI=1S/C13H23N3O4/c1-13(2,3)20-12(17)6-8-18-9-11-10(15-16-14)5-4-7-19-11/h10-11H,4-9H2,1-3H3/t10-,11-/m1/s1. The van der Waals surface area contributed by atoms with Gasteiger partial charge in [0.05, 0.1) is 31.8 Å². The van der Waals surface area contributed by atoms with Crippen LogP contribution in [0, 0.1) is 0 Å². The van der Waals surface area contributed by atoms with Crippen LogP contribution in [0.1, 0.15) is 40.0 Å². The molecule has 1 rings (SSSR count). The number of nitrogens with zero attached hydrogens (tertiary/aromatic N) is 3. The first kappa shape index (κ1) is 16.8. The largest absolute Gasteiger partial charge is 0.460 e. The molecule has 0 spiro atoms. The quantitative estimate of drug-likeness (QED) is 0.246. The Hall–Kier alpha value is -1.30. The van der Waals surface area contributed by atoms with Crippen molar-refractivity contribution in [1.29, 1.82) is 0 Å². The zero-order valence-corrected chi connectivity index (χ0v) is 12.4. The highest BCUT2D eigenvalue weighted by Gasteiger charge is 2.25. The molecule has 0 N–H and O–H groups in total. The Balaban J connectivity index is 2.22. The van der Waals surface area contributed by atoms with Crippen molar-refractivity contribution in [3.8, 4) is 0 Å². The van der Waals surface area contributed by atoms with Crippen LogP contribution in [0.25, 0.3) is 10.4 Å². The summed E-state index contributed by atoms with van der Waals surface area (Å²) < 4.78 is 16.1. The van der Waals surface area contributed by atoms with E-state index in [1.807, 2.05) is 20.8 Å². The second-order valence-corrected chi connectivity index (χ2v) is 5.74. The molecule has 0 radical (unpaired) electrons. The van der Waals surface area contributed by atoms with Gasteiger partial charge in [-0.05, 0) is 39.1 Å². The lowest BCUT2D eigenvalue weighted by molar-refractivity contribution is -0.156. The molecule has 2 atom stereocenters. The summed E-state index contributed by atoms with van der Waals surface area (Å²) in [6, 6.07) is -0.185. The van der Waals surface area contributed by atoms with Gasteiger partial charge in [-0.2, -0.15) is 0 Å². The lowest BCUT2D eigenvalue weighted by Gasteiger charge is -2.28. The number of esters is 1. The molecule has 0 aliphatic carbocycles. The van der Waals surface area contributed by atoms with Crippen LogP contribution in [0.5, 0.6) is 0 Å². The van der Waals surface area contributed by atoms with E-state index in [1.54, 1.807) is 0 Å². The molecule has 0 amide bonds.